The molecular weight excluding hydrogens is 266 g/mol. The standard InChI is InChI=1S/C17H31NO3/c1-5-7-8-14(6-2)12-21-17(20)15-9-16(19)18(11-15)10-13(3)4/h13-15H,5-12H2,1-4H3. The molecular formula is C17H31NO3. The maximum atomic E-state index is 12.1. The maximum absolute atomic E-state index is 12.1. The molecule has 0 radical (unpaired) electrons. The van der Waals surface area contributed by atoms with Crippen LogP contribution in [-0.4, -0.2) is 36.5 Å². The Labute approximate surface area is 129 Å². The van der Waals surface area contributed by atoms with Crippen molar-refractivity contribution in [1.29, 1.82) is 0 Å². The Morgan fingerprint density at radius 1 is 1.38 bits per heavy atom. The van der Waals surface area contributed by atoms with Gasteiger partial charge in [-0.2, -0.15) is 0 Å². The molecule has 1 heterocycles. The highest BCUT2D eigenvalue weighted by Crippen LogP contribution is 2.21. The molecule has 0 bridgehead atoms. The van der Waals surface area contributed by atoms with E-state index in [1.807, 2.05) is 0 Å². The largest absolute Gasteiger partial charge is 0.465 e. The molecule has 4 nitrogen and oxygen atoms in total. The lowest BCUT2D eigenvalue weighted by atomic mass is 10.0. The SMILES string of the molecule is CCCCC(CC)COC(=O)C1CC(=O)N(CC(C)C)C1. The smallest absolute Gasteiger partial charge is 0.311 e. The second-order valence-electron chi connectivity index (χ2n) is 6.64. The lowest BCUT2D eigenvalue weighted by molar-refractivity contribution is -0.149. The van der Waals surface area contributed by atoms with Crippen molar-refractivity contribution in [3.8, 4) is 0 Å². The van der Waals surface area contributed by atoms with E-state index in [-0.39, 0.29) is 17.8 Å². The molecule has 0 aromatic carbocycles. The van der Waals surface area contributed by atoms with Crippen molar-refractivity contribution in [2.24, 2.45) is 17.8 Å². The summed E-state index contributed by atoms with van der Waals surface area (Å²) in [6.45, 7) is 10.2. The summed E-state index contributed by atoms with van der Waals surface area (Å²) in [6, 6.07) is 0. The summed E-state index contributed by atoms with van der Waals surface area (Å²) in [7, 11) is 0. The molecule has 1 aliphatic heterocycles. The first-order valence-electron chi connectivity index (χ1n) is 8.42. The second-order valence-corrected chi connectivity index (χ2v) is 6.64. The van der Waals surface area contributed by atoms with Gasteiger partial charge in [-0.3, -0.25) is 9.59 Å². The molecule has 0 spiro atoms. The fourth-order valence-electron chi connectivity index (χ4n) is 2.76. The fourth-order valence-corrected chi connectivity index (χ4v) is 2.76. The number of rotatable bonds is 9. The zero-order valence-electron chi connectivity index (χ0n) is 14.1. The van der Waals surface area contributed by atoms with Crippen LogP contribution in [0.1, 0.15) is 59.8 Å². The molecule has 2 atom stereocenters. The van der Waals surface area contributed by atoms with Crippen molar-refractivity contribution in [2.45, 2.75) is 59.8 Å². The van der Waals surface area contributed by atoms with Gasteiger partial charge in [0, 0.05) is 19.5 Å². The van der Waals surface area contributed by atoms with Gasteiger partial charge in [0.15, 0.2) is 0 Å². The lowest BCUT2D eigenvalue weighted by Gasteiger charge is -2.19. The Kier molecular flexibility index (Phi) is 7.76. The van der Waals surface area contributed by atoms with E-state index < -0.39 is 0 Å². The minimum atomic E-state index is -0.264. The van der Waals surface area contributed by atoms with Crippen LogP contribution in [0.5, 0.6) is 0 Å². The first kappa shape index (κ1) is 18.0. The summed E-state index contributed by atoms with van der Waals surface area (Å²) in [4.78, 5) is 25.8. The molecule has 0 N–H and O–H groups in total. The predicted octanol–water partition coefficient (Wildman–Crippen LogP) is 3.25. The van der Waals surface area contributed by atoms with Gasteiger partial charge >= 0.3 is 5.97 Å². The van der Waals surface area contributed by atoms with Crippen molar-refractivity contribution in [3.05, 3.63) is 0 Å². The van der Waals surface area contributed by atoms with Crippen LogP contribution in [0.15, 0.2) is 0 Å². The predicted molar refractivity (Wildman–Crippen MR) is 83.8 cm³/mol. The van der Waals surface area contributed by atoms with Crippen molar-refractivity contribution < 1.29 is 14.3 Å². The van der Waals surface area contributed by atoms with Crippen LogP contribution in [0.3, 0.4) is 0 Å². The van der Waals surface area contributed by atoms with Gasteiger partial charge in [-0.05, 0) is 18.3 Å². The van der Waals surface area contributed by atoms with E-state index in [0.29, 0.717) is 31.4 Å². The number of likely N-dealkylation sites (tertiary alicyclic amines) is 1. The number of amides is 1. The average Bonchev–Trinajstić information content (AvgIpc) is 2.79. The molecule has 2 unspecified atom stereocenters. The number of hydrogen-bond donors (Lipinski definition) is 0. The molecule has 0 aromatic rings. The van der Waals surface area contributed by atoms with E-state index in [1.54, 1.807) is 4.90 Å². The Hall–Kier alpha value is -1.06. The molecule has 1 rings (SSSR count). The monoisotopic (exact) mass is 297 g/mol. The van der Waals surface area contributed by atoms with Gasteiger partial charge in [0.1, 0.15) is 0 Å². The highest BCUT2D eigenvalue weighted by atomic mass is 16.5. The summed E-state index contributed by atoms with van der Waals surface area (Å²) >= 11 is 0. The van der Waals surface area contributed by atoms with E-state index in [0.717, 1.165) is 19.4 Å². The Morgan fingerprint density at radius 3 is 2.67 bits per heavy atom. The van der Waals surface area contributed by atoms with Gasteiger partial charge in [0.2, 0.25) is 5.91 Å². The third-order valence-corrected chi connectivity index (χ3v) is 4.14. The zero-order valence-corrected chi connectivity index (χ0v) is 14.1. The molecule has 1 amide bonds. The molecule has 0 aromatic heterocycles. The van der Waals surface area contributed by atoms with E-state index in [2.05, 4.69) is 27.7 Å². The van der Waals surface area contributed by atoms with E-state index in [9.17, 15) is 9.59 Å². The minimum absolute atomic E-state index is 0.0867. The van der Waals surface area contributed by atoms with Crippen LogP contribution in [0.4, 0.5) is 0 Å². The summed E-state index contributed by atoms with van der Waals surface area (Å²) < 4.78 is 5.46. The number of nitrogens with zero attached hydrogens (tertiary/aromatic N) is 1. The summed E-state index contributed by atoms with van der Waals surface area (Å²) in [5.41, 5.74) is 0. The summed E-state index contributed by atoms with van der Waals surface area (Å²) in [5, 5.41) is 0. The van der Waals surface area contributed by atoms with Crippen molar-refractivity contribution in [3.63, 3.8) is 0 Å². The van der Waals surface area contributed by atoms with Crippen LogP contribution >= 0.6 is 0 Å². The summed E-state index contributed by atoms with van der Waals surface area (Å²) in [5.74, 6) is 0.521. The number of unbranched alkanes of at least 4 members (excludes halogenated alkanes) is 1. The minimum Gasteiger partial charge on any atom is -0.465 e. The quantitative estimate of drug-likeness (QED) is 0.614. The first-order chi connectivity index (χ1) is 9.97. The number of carbonyl (C=O) groups excluding carboxylic acids is 2. The molecule has 0 aliphatic carbocycles. The Bertz CT molecular complexity index is 341. The van der Waals surface area contributed by atoms with Crippen molar-refractivity contribution in [2.75, 3.05) is 19.7 Å². The Morgan fingerprint density at radius 2 is 2.10 bits per heavy atom. The molecule has 122 valence electrons. The van der Waals surface area contributed by atoms with Gasteiger partial charge in [0.25, 0.3) is 0 Å². The second kappa shape index (κ2) is 9.06. The lowest BCUT2D eigenvalue weighted by Crippen LogP contribution is -2.30. The van der Waals surface area contributed by atoms with E-state index >= 15 is 0 Å². The van der Waals surface area contributed by atoms with Crippen LogP contribution in [-0.2, 0) is 14.3 Å². The van der Waals surface area contributed by atoms with Crippen LogP contribution in [0, 0.1) is 17.8 Å². The van der Waals surface area contributed by atoms with Crippen LogP contribution in [0.2, 0.25) is 0 Å². The highest BCUT2D eigenvalue weighted by molar-refractivity contribution is 5.86. The highest BCUT2D eigenvalue weighted by Gasteiger charge is 2.35. The van der Waals surface area contributed by atoms with Gasteiger partial charge in [-0.15, -0.1) is 0 Å². The molecule has 1 aliphatic rings. The zero-order chi connectivity index (χ0) is 15.8. The molecule has 4 heteroatoms. The van der Waals surface area contributed by atoms with Gasteiger partial charge in [-0.25, -0.2) is 0 Å². The first-order valence-corrected chi connectivity index (χ1v) is 8.42. The Balaban J connectivity index is 2.37. The fraction of sp³-hybridized carbons (Fsp3) is 0.882. The van der Waals surface area contributed by atoms with E-state index in [4.69, 9.17) is 4.74 Å². The number of carbonyl (C=O) groups is 2. The molecule has 1 fully saturated rings. The topological polar surface area (TPSA) is 46.6 Å². The number of esters is 1. The van der Waals surface area contributed by atoms with Crippen molar-refractivity contribution in [1.82, 2.24) is 4.90 Å². The van der Waals surface area contributed by atoms with Crippen LogP contribution < -0.4 is 0 Å². The van der Waals surface area contributed by atoms with Crippen molar-refractivity contribution >= 4 is 11.9 Å². The van der Waals surface area contributed by atoms with Gasteiger partial charge in [-0.1, -0.05) is 47.0 Å². The molecule has 21 heavy (non-hydrogen) atoms. The van der Waals surface area contributed by atoms with Crippen LogP contribution in [0.25, 0.3) is 0 Å². The number of hydrogen-bond acceptors (Lipinski definition) is 3. The average molecular weight is 297 g/mol. The van der Waals surface area contributed by atoms with Gasteiger partial charge < -0.3 is 9.64 Å². The van der Waals surface area contributed by atoms with Gasteiger partial charge in [0.05, 0.1) is 12.5 Å². The third kappa shape index (κ3) is 6.06. The maximum Gasteiger partial charge on any atom is 0.311 e. The van der Waals surface area contributed by atoms with E-state index in [1.165, 1.54) is 12.8 Å². The molecule has 0 saturated carbocycles. The summed E-state index contributed by atoms with van der Waals surface area (Å²) in [6.07, 6.45) is 4.82. The number of ether oxygens (including phenoxy) is 1. The normalized spacial score (nSPS) is 20.1. The molecule has 1 saturated heterocycles. The third-order valence-electron chi connectivity index (χ3n) is 4.14.